The Kier molecular flexibility index (Phi) is 1.97. The van der Waals surface area contributed by atoms with E-state index in [-0.39, 0.29) is 5.56 Å². The van der Waals surface area contributed by atoms with Crippen molar-refractivity contribution in [3.8, 4) is 0 Å². The second-order valence-corrected chi connectivity index (χ2v) is 2.17. The van der Waals surface area contributed by atoms with Gasteiger partial charge in [-0.3, -0.25) is 0 Å². The van der Waals surface area contributed by atoms with E-state index in [0.29, 0.717) is 0 Å². The summed E-state index contributed by atoms with van der Waals surface area (Å²) in [6, 6.07) is 5.83. The summed E-state index contributed by atoms with van der Waals surface area (Å²) in [6.07, 6.45) is 0. The summed E-state index contributed by atoms with van der Waals surface area (Å²) < 4.78 is 12.6. The maximum absolute atomic E-state index is 12.6. The monoisotopic (exact) mass is 156 g/mol. The Morgan fingerprint density at radius 3 is 2.40 bits per heavy atom. The minimum absolute atomic E-state index is 0.0810. The Labute approximate surface area is 63.1 Å². The van der Waals surface area contributed by atoms with Crippen LogP contribution < -0.4 is 0 Å². The molecular formula is C7H5FOS. The first-order valence-electron chi connectivity index (χ1n) is 2.69. The number of rotatable bonds is 1. The molecule has 1 aromatic rings. The van der Waals surface area contributed by atoms with Gasteiger partial charge in [-0.25, -0.2) is 4.39 Å². The Morgan fingerprint density at radius 1 is 1.40 bits per heavy atom. The first-order chi connectivity index (χ1) is 4.72. The first-order valence-corrected chi connectivity index (χ1v) is 3.10. The molecule has 0 aliphatic carbocycles. The lowest BCUT2D eigenvalue weighted by Crippen LogP contribution is -1.97. The number of aliphatic hydroxyl groups excluding tert-OH is 1. The first kappa shape index (κ1) is 7.15. The van der Waals surface area contributed by atoms with Crippen molar-refractivity contribution in [3.63, 3.8) is 0 Å². The van der Waals surface area contributed by atoms with E-state index in [0.717, 1.165) is 0 Å². The van der Waals surface area contributed by atoms with Crippen molar-refractivity contribution < 1.29 is 9.50 Å². The maximum Gasteiger partial charge on any atom is 0.191 e. The number of hydrogen-bond donors (Lipinski definition) is 1. The van der Waals surface area contributed by atoms with Crippen LogP contribution in [0.1, 0.15) is 5.56 Å². The molecule has 0 radical (unpaired) electrons. The van der Waals surface area contributed by atoms with E-state index >= 15 is 0 Å². The van der Waals surface area contributed by atoms with E-state index in [9.17, 15) is 4.39 Å². The van der Waals surface area contributed by atoms with Gasteiger partial charge in [-0.15, -0.1) is 0 Å². The van der Waals surface area contributed by atoms with Gasteiger partial charge in [0.25, 0.3) is 0 Å². The molecule has 0 spiro atoms. The van der Waals surface area contributed by atoms with Gasteiger partial charge in [0.15, 0.2) is 5.05 Å². The van der Waals surface area contributed by atoms with Crippen molar-refractivity contribution in [2.45, 2.75) is 0 Å². The highest BCUT2D eigenvalue weighted by Crippen LogP contribution is 2.05. The van der Waals surface area contributed by atoms with Gasteiger partial charge in [-0.1, -0.05) is 12.1 Å². The molecule has 3 heteroatoms. The minimum Gasteiger partial charge on any atom is -0.498 e. The lowest BCUT2D eigenvalue weighted by atomic mass is 10.2. The zero-order valence-corrected chi connectivity index (χ0v) is 5.86. The summed E-state index contributed by atoms with van der Waals surface area (Å²) in [5, 5.41) is 8.29. The molecule has 0 unspecified atom stereocenters. The fraction of sp³-hybridized carbons (Fsp3) is 0. The number of benzene rings is 1. The fourth-order valence-corrected chi connectivity index (χ4v) is 0.800. The highest BCUT2D eigenvalue weighted by molar-refractivity contribution is 7.80. The molecule has 1 rings (SSSR count). The Balaban J connectivity index is 3.15. The summed E-state index contributed by atoms with van der Waals surface area (Å²) in [4.78, 5) is 0. The zero-order valence-electron chi connectivity index (χ0n) is 5.04. The molecule has 0 heterocycles. The van der Waals surface area contributed by atoms with Gasteiger partial charge in [-0.05, 0) is 24.4 Å². The van der Waals surface area contributed by atoms with Gasteiger partial charge in [0.05, 0.1) is 5.56 Å². The SMILES string of the molecule is OC(=S)c1ccccc1F. The normalized spacial score (nSPS) is 9.30. The molecule has 1 aromatic carbocycles. The maximum atomic E-state index is 12.6. The third kappa shape index (κ3) is 1.30. The highest BCUT2D eigenvalue weighted by Gasteiger charge is 2.02. The summed E-state index contributed by atoms with van der Waals surface area (Å²) in [7, 11) is 0. The van der Waals surface area contributed by atoms with E-state index in [4.69, 9.17) is 5.11 Å². The van der Waals surface area contributed by atoms with Crippen LogP contribution in [-0.4, -0.2) is 10.2 Å². The van der Waals surface area contributed by atoms with Crippen LogP contribution in [0.25, 0.3) is 0 Å². The second-order valence-electron chi connectivity index (χ2n) is 1.78. The average molecular weight is 156 g/mol. The van der Waals surface area contributed by atoms with Crippen LogP contribution in [0, 0.1) is 5.82 Å². The minimum atomic E-state index is -0.491. The standard InChI is InChI=1S/C7H5FOS/c8-6-4-2-1-3-5(6)7(9)10/h1-4H,(H,9,10). The van der Waals surface area contributed by atoms with Gasteiger partial charge in [0.1, 0.15) is 5.82 Å². The third-order valence-corrected chi connectivity index (χ3v) is 1.32. The second kappa shape index (κ2) is 2.75. The zero-order chi connectivity index (χ0) is 7.56. The quantitative estimate of drug-likeness (QED) is 0.628. The molecule has 0 fully saturated rings. The molecule has 0 saturated carbocycles. The van der Waals surface area contributed by atoms with Crippen LogP contribution in [0.4, 0.5) is 4.39 Å². The van der Waals surface area contributed by atoms with E-state index in [2.05, 4.69) is 12.2 Å². The predicted octanol–water partition coefficient (Wildman–Crippen LogP) is 2.06. The van der Waals surface area contributed by atoms with Gasteiger partial charge in [0.2, 0.25) is 0 Å². The van der Waals surface area contributed by atoms with E-state index in [1.807, 2.05) is 0 Å². The molecular weight excluding hydrogens is 151 g/mol. The summed E-state index contributed by atoms with van der Waals surface area (Å²) in [5.74, 6) is -0.491. The molecule has 0 saturated heterocycles. The summed E-state index contributed by atoms with van der Waals surface area (Å²) >= 11 is 4.37. The van der Waals surface area contributed by atoms with Crippen LogP contribution >= 0.6 is 12.2 Å². The molecule has 10 heavy (non-hydrogen) atoms. The van der Waals surface area contributed by atoms with E-state index in [1.165, 1.54) is 18.2 Å². The Bertz CT molecular complexity index is 260. The smallest absolute Gasteiger partial charge is 0.191 e. The number of halogens is 1. The van der Waals surface area contributed by atoms with Crippen LogP contribution in [0.3, 0.4) is 0 Å². The molecule has 0 atom stereocenters. The number of thiocarbonyl (C=S) groups is 1. The van der Waals surface area contributed by atoms with E-state index in [1.54, 1.807) is 6.07 Å². The van der Waals surface area contributed by atoms with Crippen LogP contribution in [0.15, 0.2) is 24.3 Å². The van der Waals surface area contributed by atoms with Crippen LogP contribution in [0.5, 0.6) is 0 Å². The van der Waals surface area contributed by atoms with Crippen molar-refractivity contribution in [1.29, 1.82) is 0 Å². The van der Waals surface area contributed by atoms with Crippen molar-refractivity contribution in [3.05, 3.63) is 35.6 Å². The molecule has 0 bridgehead atoms. The van der Waals surface area contributed by atoms with Gasteiger partial charge in [-0.2, -0.15) is 0 Å². The molecule has 1 nitrogen and oxygen atoms in total. The molecule has 0 aliphatic rings. The predicted molar refractivity (Wildman–Crippen MR) is 40.7 cm³/mol. The van der Waals surface area contributed by atoms with Gasteiger partial charge < -0.3 is 5.11 Å². The van der Waals surface area contributed by atoms with Crippen molar-refractivity contribution in [2.75, 3.05) is 0 Å². The number of aliphatic hydroxyl groups is 1. The largest absolute Gasteiger partial charge is 0.498 e. The fourth-order valence-electron chi connectivity index (χ4n) is 0.635. The van der Waals surface area contributed by atoms with Crippen LogP contribution in [-0.2, 0) is 0 Å². The van der Waals surface area contributed by atoms with Crippen molar-refractivity contribution in [2.24, 2.45) is 0 Å². The average Bonchev–Trinajstić information content (AvgIpc) is 1.88. The van der Waals surface area contributed by atoms with Gasteiger partial charge in [0, 0.05) is 0 Å². The molecule has 1 N–H and O–H groups in total. The lowest BCUT2D eigenvalue weighted by Gasteiger charge is -1.95. The molecule has 0 aliphatic heterocycles. The summed E-state index contributed by atoms with van der Waals surface area (Å²) in [6.45, 7) is 0. The topological polar surface area (TPSA) is 20.2 Å². The molecule has 0 aromatic heterocycles. The van der Waals surface area contributed by atoms with Crippen molar-refractivity contribution in [1.82, 2.24) is 0 Å². The van der Waals surface area contributed by atoms with Gasteiger partial charge >= 0.3 is 0 Å². The van der Waals surface area contributed by atoms with E-state index < -0.39 is 10.9 Å². The number of hydrogen-bond acceptors (Lipinski definition) is 1. The molecule has 52 valence electrons. The summed E-state index contributed by atoms with van der Waals surface area (Å²) in [5.41, 5.74) is 0.0810. The lowest BCUT2D eigenvalue weighted by molar-refractivity contribution is 0.558. The van der Waals surface area contributed by atoms with Crippen LogP contribution in [0.2, 0.25) is 0 Å². The molecule has 0 amide bonds. The highest BCUT2D eigenvalue weighted by atomic mass is 32.1. The Morgan fingerprint density at radius 2 is 2.00 bits per heavy atom. The van der Waals surface area contributed by atoms with Crippen molar-refractivity contribution >= 4 is 17.3 Å². The third-order valence-electron chi connectivity index (χ3n) is 1.10. The Hall–Kier alpha value is -0.960.